The van der Waals surface area contributed by atoms with E-state index < -0.39 is 12.0 Å². The topological polar surface area (TPSA) is 64.5 Å². The molecule has 1 aliphatic rings. The first kappa shape index (κ1) is 17.5. The van der Waals surface area contributed by atoms with Gasteiger partial charge >= 0.3 is 6.36 Å². The molecular weight excluding hydrogens is 337 g/mol. The number of hydrogen-bond donors (Lipinski definition) is 1. The number of rotatable bonds is 6. The van der Waals surface area contributed by atoms with Crippen LogP contribution in [0.25, 0.3) is 0 Å². The van der Waals surface area contributed by atoms with E-state index in [1.807, 2.05) is 6.92 Å². The summed E-state index contributed by atoms with van der Waals surface area (Å²) in [5.74, 6) is -0.00484. The molecule has 1 atom stereocenters. The van der Waals surface area contributed by atoms with Crippen LogP contribution in [-0.2, 0) is 5.60 Å². The van der Waals surface area contributed by atoms with Crippen molar-refractivity contribution in [3.05, 3.63) is 48.5 Å². The highest BCUT2D eigenvalue weighted by molar-refractivity contribution is 5.32. The lowest BCUT2D eigenvalue weighted by molar-refractivity contribution is -0.274. The van der Waals surface area contributed by atoms with Crippen molar-refractivity contribution < 1.29 is 27.8 Å². The summed E-state index contributed by atoms with van der Waals surface area (Å²) >= 11 is 0. The predicted molar refractivity (Wildman–Crippen MR) is 81.9 cm³/mol. The Morgan fingerprint density at radius 3 is 2.16 bits per heavy atom. The molecule has 1 N–H and O–H groups in total. The van der Waals surface area contributed by atoms with Gasteiger partial charge in [0.15, 0.2) is 0 Å². The van der Waals surface area contributed by atoms with E-state index in [2.05, 4.69) is 14.7 Å². The van der Waals surface area contributed by atoms with E-state index in [4.69, 9.17) is 4.74 Å². The molecule has 25 heavy (non-hydrogen) atoms. The maximum atomic E-state index is 12.2. The molecule has 3 rings (SSSR count). The molecule has 1 fully saturated rings. The third kappa shape index (κ3) is 3.84. The lowest BCUT2D eigenvalue weighted by Gasteiger charge is -2.34. The number of halogens is 3. The highest BCUT2D eigenvalue weighted by atomic mass is 19.4. The zero-order chi connectivity index (χ0) is 18.1. The summed E-state index contributed by atoms with van der Waals surface area (Å²) < 4.78 is 46.0. The Kier molecular flexibility index (Phi) is 4.32. The number of alkyl halides is 3. The molecule has 1 saturated carbocycles. The summed E-state index contributed by atoms with van der Waals surface area (Å²) in [7, 11) is 0. The van der Waals surface area contributed by atoms with Crippen LogP contribution in [0.2, 0.25) is 0 Å². The van der Waals surface area contributed by atoms with E-state index in [1.165, 1.54) is 18.5 Å². The second-order valence-corrected chi connectivity index (χ2v) is 6.36. The largest absolute Gasteiger partial charge is 0.573 e. The molecule has 0 bridgehead atoms. The summed E-state index contributed by atoms with van der Waals surface area (Å²) in [5, 5.41) is 11.2. The van der Waals surface area contributed by atoms with E-state index in [-0.39, 0.29) is 17.8 Å². The van der Waals surface area contributed by atoms with Crippen LogP contribution in [0.5, 0.6) is 11.5 Å². The summed E-state index contributed by atoms with van der Waals surface area (Å²) in [4.78, 5) is 7.89. The third-order valence-electron chi connectivity index (χ3n) is 4.54. The molecule has 5 nitrogen and oxygen atoms in total. The van der Waals surface area contributed by atoms with Gasteiger partial charge in [-0.3, -0.25) is 0 Å². The van der Waals surface area contributed by atoms with Crippen LogP contribution in [-0.4, -0.2) is 28.0 Å². The Bertz CT molecular complexity index is 718. The minimum absolute atomic E-state index is 0.0592. The van der Waals surface area contributed by atoms with Gasteiger partial charge in [-0.25, -0.2) is 9.97 Å². The number of ether oxygens (including phenoxy) is 2. The Morgan fingerprint density at radius 1 is 1.08 bits per heavy atom. The molecule has 2 aromatic rings. The van der Waals surface area contributed by atoms with Crippen LogP contribution in [0.15, 0.2) is 43.0 Å². The Balaban J connectivity index is 1.72. The fraction of sp³-hybridized carbons (Fsp3) is 0.412. The minimum Gasteiger partial charge on any atom is -0.490 e. The van der Waals surface area contributed by atoms with Gasteiger partial charge in [0.05, 0.1) is 0 Å². The van der Waals surface area contributed by atoms with E-state index in [9.17, 15) is 18.3 Å². The summed E-state index contributed by atoms with van der Waals surface area (Å²) in [6, 6.07) is 5.04. The average molecular weight is 354 g/mol. The molecule has 1 aromatic carbocycles. The van der Waals surface area contributed by atoms with Gasteiger partial charge < -0.3 is 14.6 Å². The highest BCUT2D eigenvalue weighted by Gasteiger charge is 2.57. The fourth-order valence-electron chi connectivity index (χ4n) is 2.65. The summed E-state index contributed by atoms with van der Waals surface area (Å²) in [6.45, 7) is 1.89. The zero-order valence-electron chi connectivity index (χ0n) is 13.5. The molecule has 0 aliphatic heterocycles. The number of benzene rings is 1. The second kappa shape index (κ2) is 6.18. The van der Waals surface area contributed by atoms with Crippen molar-refractivity contribution in [2.24, 2.45) is 5.41 Å². The minimum atomic E-state index is -4.74. The van der Waals surface area contributed by atoms with Crippen LogP contribution in [0.1, 0.15) is 25.3 Å². The molecule has 1 aliphatic carbocycles. The first-order chi connectivity index (χ1) is 11.7. The molecule has 1 aromatic heterocycles. The van der Waals surface area contributed by atoms with E-state index in [1.54, 1.807) is 12.4 Å². The van der Waals surface area contributed by atoms with Crippen LogP contribution in [0.4, 0.5) is 13.2 Å². The molecule has 0 amide bonds. The molecule has 0 radical (unpaired) electrons. The van der Waals surface area contributed by atoms with Crippen molar-refractivity contribution in [2.75, 3.05) is 6.61 Å². The molecule has 134 valence electrons. The van der Waals surface area contributed by atoms with Gasteiger partial charge in [-0.15, -0.1) is 13.2 Å². The summed E-state index contributed by atoms with van der Waals surface area (Å²) in [6.07, 6.45) is 1.39. The fourth-order valence-corrected chi connectivity index (χ4v) is 2.65. The second-order valence-electron chi connectivity index (χ2n) is 6.36. The van der Waals surface area contributed by atoms with Crippen molar-refractivity contribution in [1.29, 1.82) is 0 Å². The Hall–Kier alpha value is -2.35. The standard InChI is InChI=1S/C17H17F3N2O3/c1-15(6-7-15)16(23,12-8-21-11-22-9-12)10-24-13-2-4-14(5-3-13)25-17(18,19)20/h2-5,8-9,11,23H,6-7,10H2,1H3. The molecule has 0 spiro atoms. The Morgan fingerprint density at radius 2 is 1.64 bits per heavy atom. The van der Waals surface area contributed by atoms with Gasteiger partial charge in [0, 0.05) is 23.4 Å². The van der Waals surface area contributed by atoms with Crippen molar-refractivity contribution in [2.45, 2.75) is 31.7 Å². The first-order valence-electron chi connectivity index (χ1n) is 7.68. The lowest BCUT2D eigenvalue weighted by Crippen LogP contribution is -2.41. The number of nitrogens with zero attached hydrogens (tertiary/aromatic N) is 2. The lowest BCUT2D eigenvalue weighted by atomic mass is 9.81. The maximum Gasteiger partial charge on any atom is 0.573 e. The van der Waals surface area contributed by atoms with Gasteiger partial charge in [-0.05, 0) is 37.1 Å². The van der Waals surface area contributed by atoms with E-state index in [0.717, 1.165) is 25.0 Å². The third-order valence-corrected chi connectivity index (χ3v) is 4.54. The highest BCUT2D eigenvalue weighted by Crippen LogP contribution is 2.57. The van der Waals surface area contributed by atoms with Crippen LogP contribution in [0, 0.1) is 5.41 Å². The Labute approximate surface area is 142 Å². The van der Waals surface area contributed by atoms with Crippen molar-refractivity contribution >= 4 is 0 Å². The normalized spacial score (nSPS) is 18.3. The SMILES string of the molecule is CC1(C(O)(COc2ccc(OC(F)(F)F)cc2)c2cncnc2)CC1. The maximum absolute atomic E-state index is 12.2. The van der Waals surface area contributed by atoms with Gasteiger partial charge in [-0.1, -0.05) is 6.92 Å². The van der Waals surface area contributed by atoms with Crippen molar-refractivity contribution in [3.63, 3.8) is 0 Å². The van der Waals surface area contributed by atoms with Gasteiger partial charge in [-0.2, -0.15) is 0 Å². The van der Waals surface area contributed by atoms with Gasteiger partial charge in [0.2, 0.25) is 0 Å². The van der Waals surface area contributed by atoms with Crippen molar-refractivity contribution in [1.82, 2.24) is 9.97 Å². The first-order valence-corrected chi connectivity index (χ1v) is 7.68. The number of aromatic nitrogens is 2. The number of aliphatic hydroxyl groups is 1. The average Bonchev–Trinajstić information content (AvgIpc) is 3.33. The molecule has 8 heteroatoms. The van der Waals surface area contributed by atoms with E-state index >= 15 is 0 Å². The summed E-state index contributed by atoms with van der Waals surface area (Å²) in [5.41, 5.74) is -1.08. The van der Waals surface area contributed by atoms with Crippen LogP contribution >= 0.6 is 0 Å². The molecular formula is C17H17F3N2O3. The predicted octanol–water partition coefficient (Wildman–Crippen LogP) is 3.44. The van der Waals surface area contributed by atoms with E-state index in [0.29, 0.717) is 11.3 Å². The molecule has 0 saturated heterocycles. The van der Waals surface area contributed by atoms with Crippen LogP contribution < -0.4 is 9.47 Å². The van der Waals surface area contributed by atoms with Gasteiger partial charge in [0.25, 0.3) is 0 Å². The number of hydrogen-bond acceptors (Lipinski definition) is 5. The quantitative estimate of drug-likeness (QED) is 0.861. The smallest absolute Gasteiger partial charge is 0.490 e. The molecule has 1 unspecified atom stereocenters. The van der Waals surface area contributed by atoms with Gasteiger partial charge in [0.1, 0.15) is 30.0 Å². The monoisotopic (exact) mass is 354 g/mol. The van der Waals surface area contributed by atoms with Crippen LogP contribution in [0.3, 0.4) is 0 Å². The molecule has 1 heterocycles. The van der Waals surface area contributed by atoms with Crippen molar-refractivity contribution in [3.8, 4) is 11.5 Å². The zero-order valence-corrected chi connectivity index (χ0v) is 13.5.